The van der Waals surface area contributed by atoms with Crippen molar-refractivity contribution in [3.8, 4) is 5.75 Å². The first-order chi connectivity index (χ1) is 8.13. The fourth-order valence-electron chi connectivity index (χ4n) is 2.70. The van der Waals surface area contributed by atoms with Gasteiger partial charge in [-0.15, -0.1) is 11.6 Å². The largest absolute Gasteiger partial charge is 0.497 e. The Labute approximate surface area is 107 Å². The van der Waals surface area contributed by atoms with E-state index < -0.39 is 0 Å². The maximum atomic E-state index is 13.9. The van der Waals surface area contributed by atoms with E-state index in [1.54, 1.807) is 12.1 Å². The van der Waals surface area contributed by atoms with Crippen molar-refractivity contribution in [2.45, 2.75) is 31.6 Å². The molecule has 0 aromatic heterocycles. The lowest BCUT2D eigenvalue weighted by atomic mass is 9.90. The molecule has 1 aromatic carbocycles. The van der Waals surface area contributed by atoms with Gasteiger partial charge in [0.15, 0.2) is 0 Å². The lowest BCUT2D eigenvalue weighted by molar-refractivity contribution is 0.393. The van der Waals surface area contributed by atoms with E-state index in [2.05, 4.69) is 6.92 Å². The van der Waals surface area contributed by atoms with Gasteiger partial charge in [-0.05, 0) is 24.3 Å². The minimum Gasteiger partial charge on any atom is -0.497 e. The number of alkyl halides is 1. The molecule has 3 atom stereocenters. The first kappa shape index (κ1) is 12.7. The molecule has 0 radical (unpaired) electrons. The van der Waals surface area contributed by atoms with E-state index >= 15 is 0 Å². The lowest BCUT2D eigenvalue weighted by Gasteiger charge is -2.22. The molecule has 0 spiro atoms. The summed E-state index contributed by atoms with van der Waals surface area (Å²) in [6.45, 7) is 2.20. The van der Waals surface area contributed by atoms with Crippen LogP contribution in [-0.2, 0) is 0 Å². The Morgan fingerprint density at radius 2 is 2.18 bits per heavy atom. The highest BCUT2D eigenvalue weighted by Gasteiger charge is 2.31. The number of hydrogen-bond acceptors (Lipinski definition) is 1. The number of benzene rings is 1. The predicted molar refractivity (Wildman–Crippen MR) is 68.1 cm³/mol. The summed E-state index contributed by atoms with van der Waals surface area (Å²) in [6, 6.07) is 4.93. The van der Waals surface area contributed by atoms with Crippen LogP contribution < -0.4 is 4.74 Å². The smallest absolute Gasteiger partial charge is 0.131 e. The van der Waals surface area contributed by atoms with E-state index in [0.717, 1.165) is 6.42 Å². The molecule has 1 fully saturated rings. The van der Waals surface area contributed by atoms with E-state index in [9.17, 15) is 4.39 Å². The summed E-state index contributed by atoms with van der Waals surface area (Å²) in [5.74, 6) is 1.25. The van der Waals surface area contributed by atoms with Gasteiger partial charge in [-0.2, -0.15) is 0 Å². The minimum absolute atomic E-state index is 0.224. The van der Waals surface area contributed by atoms with Crippen molar-refractivity contribution in [3.63, 3.8) is 0 Å². The topological polar surface area (TPSA) is 9.23 Å². The van der Waals surface area contributed by atoms with Crippen LogP contribution in [0.25, 0.3) is 0 Å². The average molecular weight is 257 g/mol. The fourth-order valence-corrected chi connectivity index (χ4v) is 3.25. The quantitative estimate of drug-likeness (QED) is 0.721. The normalized spacial score (nSPS) is 25.9. The molecule has 1 aliphatic carbocycles. The van der Waals surface area contributed by atoms with Gasteiger partial charge in [0.05, 0.1) is 12.5 Å². The zero-order chi connectivity index (χ0) is 12.4. The predicted octanol–water partition coefficient (Wildman–Crippen LogP) is 4.55. The number of halogens is 2. The summed E-state index contributed by atoms with van der Waals surface area (Å²) < 4.78 is 18.9. The number of hydrogen-bond donors (Lipinski definition) is 0. The van der Waals surface area contributed by atoms with Gasteiger partial charge in [-0.3, -0.25) is 0 Å². The van der Waals surface area contributed by atoms with Crippen molar-refractivity contribution in [2.24, 2.45) is 11.8 Å². The highest BCUT2D eigenvalue weighted by Crippen LogP contribution is 2.44. The maximum absolute atomic E-state index is 13.9. The van der Waals surface area contributed by atoms with Crippen LogP contribution in [0.5, 0.6) is 5.75 Å². The number of ether oxygens (including phenoxy) is 1. The second-order valence-corrected chi connectivity index (χ2v) is 5.33. The average Bonchev–Trinajstić information content (AvgIpc) is 2.74. The van der Waals surface area contributed by atoms with Crippen LogP contribution >= 0.6 is 11.6 Å². The molecule has 1 aliphatic rings. The second-order valence-electron chi connectivity index (χ2n) is 4.86. The number of rotatable bonds is 3. The van der Waals surface area contributed by atoms with Crippen LogP contribution in [0, 0.1) is 17.7 Å². The van der Waals surface area contributed by atoms with Crippen LogP contribution in [0.4, 0.5) is 4.39 Å². The summed E-state index contributed by atoms with van der Waals surface area (Å²) in [5.41, 5.74) is 0.603. The van der Waals surface area contributed by atoms with Crippen molar-refractivity contribution < 1.29 is 9.13 Å². The molecule has 0 aliphatic heterocycles. The van der Waals surface area contributed by atoms with Gasteiger partial charge < -0.3 is 4.74 Å². The van der Waals surface area contributed by atoms with Gasteiger partial charge in [0, 0.05) is 11.6 Å². The van der Waals surface area contributed by atoms with E-state index in [1.165, 1.54) is 26.0 Å². The molecule has 0 bridgehead atoms. The molecule has 17 heavy (non-hydrogen) atoms. The maximum Gasteiger partial charge on any atom is 0.131 e. The Bertz CT molecular complexity index is 394. The van der Waals surface area contributed by atoms with E-state index in [0.29, 0.717) is 23.1 Å². The first-order valence-electron chi connectivity index (χ1n) is 6.11. The highest BCUT2D eigenvalue weighted by molar-refractivity contribution is 6.21. The van der Waals surface area contributed by atoms with Gasteiger partial charge in [-0.25, -0.2) is 4.39 Å². The summed E-state index contributed by atoms with van der Waals surface area (Å²) >= 11 is 6.43. The fraction of sp³-hybridized carbons (Fsp3) is 0.571. The van der Waals surface area contributed by atoms with Gasteiger partial charge in [0.25, 0.3) is 0 Å². The van der Waals surface area contributed by atoms with Gasteiger partial charge in [-0.1, -0.05) is 25.8 Å². The summed E-state index contributed by atoms with van der Waals surface area (Å²) in [4.78, 5) is 0. The van der Waals surface area contributed by atoms with Crippen molar-refractivity contribution in [1.29, 1.82) is 0 Å². The standard InChI is InChI=1S/C14H18ClFO/c1-9-4-3-5-11(9)14(15)12-7-6-10(17-2)8-13(12)16/h6-9,11,14H,3-5H2,1-2H3. The Morgan fingerprint density at radius 1 is 1.41 bits per heavy atom. The molecule has 3 heteroatoms. The van der Waals surface area contributed by atoms with E-state index in [-0.39, 0.29) is 11.2 Å². The van der Waals surface area contributed by atoms with Gasteiger partial charge in [0.1, 0.15) is 11.6 Å². The zero-order valence-electron chi connectivity index (χ0n) is 10.2. The molecule has 1 nitrogen and oxygen atoms in total. The van der Waals surface area contributed by atoms with Crippen molar-refractivity contribution in [2.75, 3.05) is 7.11 Å². The second kappa shape index (κ2) is 5.26. The van der Waals surface area contributed by atoms with Crippen molar-refractivity contribution >= 4 is 11.6 Å². The van der Waals surface area contributed by atoms with Gasteiger partial charge >= 0.3 is 0 Å². The number of methoxy groups -OCH3 is 1. The summed E-state index contributed by atoms with van der Waals surface area (Å²) in [5, 5.41) is -0.224. The molecule has 94 valence electrons. The highest BCUT2D eigenvalue weighted by atomic mass is 35.5. The Kier molecular flexibility index (Phi) is 3.93. The third-order valence-corrected chi connectivity index (χ3v) is 4.37. The van der Waals surface area contributed by atoms with Crippen molar-refractivity contribution in [1.82, 2.24) is 0 Å². The molecular weight excluding hydrogens is 239 g/mol. The van der Waals surface area contributed by atoms with E-state index in [4.69, 9.17) is 16.3 Å². The van der Waals surface area contributed by atoms with Crippen LogP contribution in [0.15, 0.2) is 18.2 Å². The molecule has 0 heterocycles. The Morgan fingerprint density at radius 3 is 2.71 bits per heavy atom. The van der Waals surface area contributed by atoms with Crippen LogP contribution in [0.1, 0.15) is 37.1 Å². The molecule has 1 aromatic rings. The third kappa shape index (κ3) is 2.57. The molecular formula is C14H18ClFO. The SMILES string of the molecule is COc1ccc(C(Cl)C2CCCC2C)c(F)c1. The van der Waals surface area contributed by atoms with Crippen LogP contribution in [0.2, 0.25) is 0 Å². The third-order valence-electron chi connectivity index (χ3n) is 3.81. The van der Waals surface area contributed by atoms with Crippen LogP contribution in [-0.4, -0.2) is 7.11 Å². The monoisotopic (exact) mass is 256 g/mol. The van der Waals surface area contributed by atoms with Gasteiger partial charge in [0.2, 0.25) is 0 Å². The Hall–Kier alpha value is -0.760. The molecule has 1 saturated carbocycles. The first-order valence-corrected chi connectivity index (χ1v) is 6.54. The molecule has 0 saturated heterocycles. The molecule has 0 N–H and O–H groups in total. The van der Waals surface area contributed by atoms with Crippen molar-refractivity contribution in [3.05, 3.63) is 29.6 Å². The molecule has 2 rings (SSSR count). The molecule has 3 unspecified atom stereocenters. The van der Waals surface area contributed by atoms with E-state index in [1.807, 2.05) is 0 Å². The minimum atomic E-state index is -0.261. The lowest BCUT2D eigenvalue weighted by Crippen LogP contribution is -2.12. The van der Waals surface area contributed by atoms with Crippen LogP contribution in [0.3, 0.4) is 0 Å². The molecule has 0 amide bonds. The summed E-state index contributed by atoms with van der Waals surface area (Å²) in [7, 11) is 1.53. The summed E-state index contributed by atoms with van der Waals surface area (Å²) in [6.07, 6.45) is 3.50. The Balaban J connectivity index is 2.21. The zero-order valence-corrected chi connectivity index (χ0v) is 11.0.